The normalized spacial score (nSPS) is 19.1. The Morgan fingerprint density at radius 3 is 2.39 bits per heavy atom. The quantitative estimate of drug-likeness (QED) is 0.481. The number of anilines is 2. The number of aryl methyl sites for hydroxylation is 1. The fourth-order valence-electron chi connectivity index (χ4n) is 4.68. The molecule has 3 aromatic rings. The van der Waals surface area contributed by atoms with Gasteiger partial charge in [-0.1, -0.05) is 48.5 Å². The topological polar surface area (TPSA) is 15.7 Å². The van der Waals surface area contributed by atoms with Crippen molar-refractivity contribution in [2.45, 2.75) is 18.9 Å². The first kappa shape index (κ1) is 20.5. The van der Waals surface area contributed by atoms with Gasteiger partial charge < -0.3 is 9.64 Å². The zero-order valence-corrected chi connectivity index (χ0v) is 18.8. The van der Waals surface area contributed by atoms with E-state index in [-0.39, 0.29) is 0 Å². The summed E-state index contributed by atoms with van der Waals surface area (Å²) in [6, 6.07) is 28.7. The molecular weight excluding hydrogens is 400 g/mol. The van der Waals surface area contributed by atoms with Crippen molar-refractivity contribution in [1.82, 2.24) is 4.90 Å². The minimum Gasteiger partial charge on any atom is -0.492 e. The third-order valence-corrected chi connectivity index (χ3v) is 7.27. The summed E-state index contributed by atoms with van der Waals surface area (Å²) in [5, 5.41) is 0. The van der Waals surface area contributed by atoms with E-state index in [2.05, 4.69) is 100 Å². The molecule has 0 N–H and O–H groups in total. The lowest BCUT2D eigenvalue weighted by Crippen LogP contribution is -2.35. The Morgan fingerprint density at radius 2 is 1.58 bits per heavy atom. The number of benzene rings is 3. The summed E-state index contributed by atoms with van der Waals surface area (Å²) in [5.74, 6) is 3.44. The van der Waals surface area contributed by atoms with Gasteiger partial charge in [-0.15, -0.1) is 0 Å². The number of rotatable bonds is 6. The van der Waals surface area contributed by atoms with Crippen molar-refractivity contribution in [1.29, 1.82) is 0 Å². The van der Waals surface area contributed by atoms with Gasteiger partial charge in [-0.2, -0.15) is 11.8 Å². The predicted molar refractivity (Wildman–Crippen MR) is 132 cm³/mol. The minimum absolute atomic E-state index is 0.347. The van der Waals surface area contributed by atoms with Gasteiger partial charge in [0.2, 0.25) is 0 Å². The summed E-state index contributed by atoms with van der Waals surface area (Å²) in [6.45, 7) is 4.13. The molecule has 0 bridgehead atoms. The van der Waals surface area contributed by atoms with Gasteiger partial charge in [0.25, 0.3) is 0 Å². The van der Waals surface area contributed by atoms with E-state index in [9.17, 15) is 0 Å². The maximum atomic E-state index is 6.07. The van der Waals surface area contributed by atoms with Gasteiger partial charge in [-0.05, 0) is 54.3 Å². The number of nitrogens with zero attached hydrogens (tertiary/aromatic N) is 2. The number of hydrogen-bond acceptors (Lipinski definition) is 4. The Morgan fingerprint density at radius 1 is 0.839 bits per heavy atom. The molecule has 31 heavy (non-hydrogen) atoms. The van der Waals surface area contributed by atoms with Crippen LogP contribution in [0.15, 0.2) is 78.9 Å². The predicted octanol–water partition coefficient (Wildman–Crippen LogP) is 5.94. The molecule has 2 heterocycles. The summed E-state index contributed by atoms with van der Waals surface area (Å²) in [7, 11) is 0. The lowest BCUT2D eigenvalue weighted by atomic mass is 9.90. The number of fused-ring (bicyclic) bond motifs is 1. The smallest absolute Gasteiger partial charge is 0.119 e. The van der Waals surface area contributed by atoms with Gasteiger partial charge in [0.05, 0.1) is 6.04 Å². The van der Waals surface area contributed by atoms with E-state index in [0.717, 1.165) is 31.7 Å². The molecular formula is C27H30N2OS. The highest BCUT2D eigenvalue weighted by Gasteiger charge is 2.28. The Balaban J connectivity index is 1.34. The van der Waals surface area contributed by atoms with Crippen LogP contribution < -0.4 is 9.64 Å². The number of ether oxygens (including phenoxy) is 1. The van der Waals surface area contributed by atoms with Crippen LogP contribution >= 0.6 is 11.8 Å². The fourth-order valence-corrected chi connectivity index (χ4v) is 5.66. The molecule has 4 heteroatoms. The molecule has 0 radical (unpaired) electrons. The average Bonchev–Trinajstić information content (AvgIpc) is 2.85. The number of thioether (sulfide) groups is 1. The molecule has 0 spiro atoms. The van der Waals surface area contributed by atoms with Crippen LogP contribution in [0.4, 0.5) is 11.4 Å². The van der Waals surface area contributed by atoms with Crippen molar-refractivity contribution in [2.75, 3.05) is 42.6 Å². The minimum atomic E-state index is 0.347. The maximum absolute atomic E-state index is 6.07. The monoisotopic (exact) mass is 430 g/mol. The van der Waals surface area contributed by atoms with Crippen molar-refractivity contribution < 1.29 is 4.74 Å². The van der Waals surface area contributed by atoms with Crippen molar-refractivity contribution in [3.63, 3.8) is 0 Å². The van der Waals surface area contributed by atoms with E-state index in [1.807, 2.05) is 0 Å². The van der Waals surface area contributed by atoms with Crippen LogP contribution in [0.2, 0.25) is 0 Å². The van der Waals surface area contributed by atoms with E-state index in [1.165, 1.54) is 47.1 Å². The van der Waals surface area contributed by atoms with Gasteiger partial charge in [-0.3, -0.25) is 4.90 Å². The lowest BCUT2D eigenvalue weighted by Gasteiger charge is -2.39. The van der Waals surface area contributed by atoms with Gasteiger partial charge >= 0.3 is 0 Å². The molecule has 1 atom stereocenters. The molecule has 3 aromatic carbocycles. The van der Waals surface area contributed by atoms with Gasteiger partial charge in [-0.25, -0.2) is 0 Å². The summed E-state index contributed by atoms with van der Waals surface area (Å²) >= 11 is 2.05. The van der Waals surface area contributed by atoms with E-state index >= 15 is 0 Å². The van der Waals surface area contributed by atoms with Crippen molar-refractivity contribution >= 4 is 23.1 Å². The van der Waals surface area contributed by atoms with Crippen LogP contribution in [0.25, 0.3) is 0 Å². The van der Waals surface area contributed by atoms with Gasteiger partial charge in [0.1, 0.15) is 12.4 Å². The van der Waals surface area contributed by atoms with Crippen molar-refractivity contribution in [3.05, 3.63) is 90.0 Å². The number of hydrogen-bond donors (Lipinski definition) is 0. The third kappa shape index (κ3) is 4.76. The molecule has 160 valence electrons. The second-order valence-corrected chi connectivity index (χ2v) is 9.48. The molecule has 2 aliphatic rings. The van der Waals surface area contributed by atoms with Crippen LogP contribution in [0.5, 0.6) is 5.75 Å². The van der Waals surface area contributed by atoms with Crippen molar-refractivity contribution in [2.24, 2.45) is 0 Å². The summed E-state index contributed by atoms with van der Waals surface area (Å²) in [5.41, 5.74) is 5.34. The maximum Gasteiger partial charge on any atom is 0.119 e. The summed E-state index contributed by atoms with van der Waals surface area (Å²) in [6.07, 6.45) is 2.23. The van der Waals surface area contributed by atoms with E-state index in [0.29, 0.717) is 6.04 Å². The van der Waals surface area contributed by atoms with Crippen molar-refractivity contribution in [3.8, 4) is 5.75 Å². The Hall–Kier alpha value is -2.43. The molecule has 1 fully saturated rings. The first-order chi connectivity index (χ1) is 15.4. The first-order valence-corrected chi connectivity index (χ1v) is 12.5. The van der Waals surface area contributed by atoms with Crippen LogP contribution in [0.1, 0.15) is 23.6 Å². The Bertz CT molecular complexity index is 970. The SMILES string of the molecule is c1ccc(C2CCc3ccccc3N2c2ccc(OCCN3CCSCC3)cc2)cc1. The van der Waals surface area contributed by atoms with E-state index < -0.39 is 0 Å². The Kier molecular flexibility index (Phi) is 6.47. The summed E-state index contributed by atoms with van der Waals surface area (Å²) < 4.78 is 6.07. The zero-order chi connectivity index (χ0) is 20.9. The standard InChI is InChI=1S/C27H30N2OS/c1-2-6-22(7-3-1)27-15-10-23-8-4-5-9-26(23)29(27)24-11-13-25(14-12-24)30-19-16-28-17-20-31-21-18-28/h1-9,11-14,27H,10,15-21H2. The molecule has 0 aromatic heterocycles. The van der Waals surface area contributed by atoms with E-state index in [4.69, 9.17) is 4.74 Å². The van der Waals surface area contributed by atoms with Gasteiger partial charge in [0.15, 0.2) is 0 Å². The fraction of sp³-hybridized carbons (Fsp3) is 0.333. The molecule has 0 saturated carbocycles. The average molecular weight is 431 g/mol. The number of para-hydroxylation sites is 1. The highest BCUT2D eigenvalue weighted by molar-refractivity contribution is 7.99. The third-order valence-electron chi connectivity index (χ3n) is 6.33. The highest BCUT2D eigenvalue weighted by Crippen LogP contribution is 2.43. The van der Waals surface area contributed by atoms with Crippen LogP contribution in [-0.2, 0) is 6.42 Å². The second kappa shape index (κ2) is 9.80. The molecule has 3 nitrogen and oxygen atoms in total. The molecule has 1 unspecified atom stereocenters. The largest absolute Gasteiger partial charge is 0.492 e. The van der Waals surface area contributed by atoms with Crippen LogP contribution in [0.3, 0.4) is 0 Å². The Labute approximate surface area is 190 Å². The molecule has 0 amide bonds. The second-order valence-electron chi connectivity index (χ2n) is 8.26. The van der Waals surface area contributed by atoms with Gasteiger partial charge in [0, 0.05) is 42.5 Å². The van der Waals surface area contributed by atoms with E-state index in [1.54, 1.807) is 0 Å². The molecule has 2 aliphatic heterocycles. The summed E-state index contributed by atoms with van der Waals surface area (Å²) in [4.78, 5) is 5.00. The molecule has 0 aliphatic carbocycles. The lowest BCUT2D eigenvalue weighted by molar-refractivity contribution is 0.222. The first-order valence-electron chi connectivity index (χ1n) is 11.3. The van der Waals surface area contributed by atoms with Crippen LogP contribution in [-0.4, -0.2) is 42.6 Å². The zero-order valence-electron chi connectivity index (χ0n) is 18.0. The highest BCUT2D eigenvalue weighted by atomic mass is 32.2. The molecule has 1 saturated heterocycles. The van der Waals surface area contributed by atoms with Crippen LogP contribution in [0, 0.1) is 0 Å². The molecule has 5 rings (SSSR count).